The number of hydrogen-bond acceptors (Lipinski definition) is 1. The van der Waals surface area contributed by atoms with Crippen LogP contribution in [-0.4, -0.2) is 0 Å². The van der Waals surface area contributed by atoms with Crippen LogP contribution in [0.1, 0.15) is 22.7 Å². The molecule has 0 aliphatic rings. The Morgan fingerprint density at radius 1 is 1.06 bits per heavy atom. The third-order valence-corrected chi connectivity index (χ3v) is 3.60. The number of hydrogen-bond donors (Lipinski definition) is 1. The highest BCUT2D eigenvalue weighted by Gasteiger charge is 2.09. The first-order valence-electron chi connectivity index (χ1n) is 5.72. The van der Waals surface area contributed by atoms with Crippen LogP contribution in [0, 0.1) is 6.92 Å². The maximum atomic E-state index is 6.24. The Balaban J connectivity index is 2.14. The molecular formula is C15H16BrN. The van der Waals surface area contributed by atoms with Gasteiger partial charge in [0.15, 0.2) is 0 Å². The predicted molar refractivity (Wildman–Crippen MR) is 76.0 cm³/mol. The highest BCUT2D eigenvalue weighted by atomic mass is 79.9. The molecule has 2 heteroatoms. The molecule has 0 fully saturated rings. The molecule has 2 N–H and O–H groups in total. The molecule has 1 nitrogen and oxygen atoms in total. The van der Waals surface area contributed by atoms with Crippen LogP contribution in [0.3, 0.4) is 0 Å². The molecule has 1 atom stereocenters. The minimum atomic E-state index is 0.0354. The molecule has 0 saturated heterocycles. The van der Waals surface area contributed by atoms with Gasteiger partial charge in [0.05, 0.1) is 0 Å². The summed E-state index contributed by atoms with van der Waals surface area (Å²) in [7, 11) is 0. The fourth-order valence-corrected chi connectivity index (χ4v) is 2.44. The van der Waals surface area contributed by atoms with Gasteiger partial charge in [-0.15, -0.1) is 0 Å². The fraction of sp³-hybridized carbons (Fsp3) is 0.200. The Kier molecular flexibility index (Phi) is 3.97. The fourth-order valence-electron chi connectivity index (χ4n) is 1.86. The van der Waals surface area contributed by atoms with Gasteiger partial charge in [-0.2, -0.15) is 0 Å². The summed E-state index contributed by atoms with van der Waals surface area (Å²) in [5.41, 5.74) is 9.95. The lowest BCUT2D eigenvalue weighted by molar-refractivity contribution is 0.718. The zero-order valence-electron chi connectivity index (χ0n) is 9.86. The Bertz CT molecular complexity index is 491. The minimum Gasteiger partial charge on any atom is -0.324 e. The van der Waals surface area contributed by atoms with Gasteiger partial charge in [0.25, 0.3) is 0 Å². The summed E-state index contributed by atoms with van der Waals surface area (Å²) in [5.74, 6) is 0. The quantitative estimate of drug-likeness (QED) is 0.908. The van der Waals surface area contributed by atoms with Crippen LogP contribution in [0.2, 0.25) is 0 Å². The molecule has 2 aromatic rings. The zero-order valence-corrected chi connectivity index (χ0v) is 11.4. The second kappa shape index (κ2) is 5.48. The van der Waals surface area contributed by atoms with E-state index in [0.717, 1.165) is 16.5 Å². The van der Waals surface area contributed by atoms with Gasteiger partial charge in [-0.3, -0.25) is 0 Å². The lowest BCUT2D eigenvalue weighted by atomic mass is 9.99. The van der Waals surface area contributed by atoms with E-state index < -0.39 is 0 Å². The van der Waals surface area contributed by atoms with E-state index in [1.54, 1.807) is 0 Å². The molecule has 0 radical (unpaired) electrons. The molecule has 0 aliphatic heterocycles. The van der Waals surface area contributed by atoms with Crippen molar-refractivity contribution in [2.75, 3.05) is 0 Å². The third-order valence-electron chi connectivity index (χ3n) is 2.88. The topological polar surface area (TPSA) is 26.0 Å². The second-order valence-electron chi connectivity index (χ2n) is 4.32. The summed E-state index contributed by atoms with van der Waals surface area (Å²) in [5, 5.41) is 0. The first-order chi connectivity index (χ1) is 8.16. The molecule has 2 aromatic carbocycles. The number of rotatable bonds is 3. The van der Waals surface area contributed by atoms with E-state index >= 15 is 0 Å². The predicted octanol–water partition coefficient (Wildman–Crippen LogP) is 4.00. The van der Waals surface area contributed by atoms with Gasteiger partial charge in [0.2, 0.25) is 0 Å². The minimum absolute atomic E-state index is 0.0354. The van der Waals surface area contributed by atoms with E-state index in [4.69, 9.17) is 5.73 Å². The van der Waals surface area contributed by atoms with Crippen molar-refractivity contribution in [1.82, 2.24) is 0 Å². The molecule has 1 unspecified atom stereocenters. The summed E-state index contributed by atoms with van der Waals surface area (Å²) >= 11 is 3.54. The maximum absolute atomic E-state index is 6.24. The molecule has 0 amide bonds. The normalized spacial score (nSPS) is 12.4. The summed E-state index contributed by atoms with van der Waals surface area (Å²) in [6, 6.07) is 16.7. The van der Waals surface area contributed by atoms with E-state index in [2.05, 4.69) is 53.2 Å². The van der Waals surface area contributed by atoms with Gasteiger partial charge >= 0.3 is 0 Å². The van der Waals surface area contributed by atoms with Crippen LogP contribution < -0.4 is 5.73 Å². The van der Waals surface area contributed by atoms with Gasteiger partial charge in [-0.1, -0.05) is 64.0 Å². The highest BCUT2D eigenvalue weighted by molar-refractivity contribution is 9.10. The van der Waals surface area contributed by atoms with Gasteiger partial charge in [0, 0.05) is 10.5 Å². The smallest absolute Gasteiger partial charge is 0.0347 e. The Labute approximate surface area is 111 Å². The van der Waals surface area contributed by atoms with Crippen molar-refractivity contribution in [3.63, 3.8) is 0 Å². The van der Waals surface area contributed by atoms with Crippen LogP contribution in [0.4, 0.5) is 0 Å². The van der Waals surface area contributed by atoms with Crippen LogP contribution in [0.5, 0.6) is 0 Å². The van der Waals surface area contributed by atoms with Gasteiger partial charge in [0.1, 0.15) is 0 Å². The van der Waals surface area contributed by atoms with E-state index in [9.17, 15) is 0 Å². The Morgan fingerprint density at radius 2 is 1.71 bits per heavy atom. The van der Waals surface area contributed by atoms with E-state index in [1.807, 2.05) is 18.2 Å². The summed E-state index contributed by atoms with van der Waals surface area (Å²) in [6.07, 6.45) is 0.864. The summed E-state index contributed by atoms with van der Waals surface area (Å²) < 4.78 is 1.08. The van der Waals surface area contributed by atoms with Crippen molar-refractivity contribution < 1.29 is 0 Å². The van der Waals surface area contributed by atoms with Crippen LogP contribution in [-0.2, 0) is 6.42 Å². The molecule has 17 heavy (non-hydrogen) atoms. The van der Waals surface area contributed by atoms with E-state index in [0.29, 0.717) is 0 Å². The average molecular weight is 290 g/mol. The van der Waals surface area contributed by atoms with Crippen molar-refractivity contribution in [3.8, 4) is 0 Å². The number of halogens is 1. The number of nitrogens with two attached hydrogens (primary N) is 1. The van der Waals surface area contributed by atoms with Gasteiger partial charge in [-0.05, 0) is 30.5 Å². The second-order valence-corrected chi connectivity index (χ2v) is 5.17. The van der Waals surface area contributed by atoms with Gasteiger partial charge < -0.3 is 5.73 Å². The van der Waals surface area contributed by atoms with Crippen LogP contribution in [0.15, 0.2) is 53.0 Å². The first-order valence-corrected chi connectivity index (χ1v) is 6.51. The highest BCUT2D eigenvalue weighted by Crippen LogP contribution is 2.24. The monoisotopic (exact) mass is 289 g/mol. The first kappa shape index (κ1) is 12.3. The number of aryl methyl sites for hydroxylation is 1. The van der Waals surface area contributed by atoms with E-state index in [-0.39, 0.29) is 6.04 Å². The zero-order chi connectivity index (χ0) is 12.3. The largest absolute Gasteiger partial charge is 0.324 e. The standard InChI is InChI=1S/C15H16BrN/c1-11-6-8-12(9-7-11)10-15(17)13-4-2-3-5-14(13)16/h2-9,15H,10,17H2,1H3. The molecule has 0 spiro atoms. The average Bonchev–Trinajstić information content (AvgIpc) is 2.32. The van der Waals surface area contributed by atoms with Gasteiger partial charge in [-0.25, -0.2) is 0 Å². The molecule has 0 saturated carbocycles. The van der Waals surface area contributed by atoms with Crippen LogP contribution >= 0.6 is 15.9 Å². The lowest BCUT2D eigenvalue weighted by Gasteiger charge is -2.14. The molecule has 0 bridgehead atoms. The van der Waals surface area contributed by atoms with Crippen molar-refractivity contribution in [3.05, 3.63) is 69.7 Å². The Hall–Kier alpha value is -1.12. The third kappa shape index (κ3) is 3.18. The molecule has 0 aromatic heterocycles. The lowest BCUT2D eigenvalue weighted by Crippen LogP contribution is -2.13. The van der Waals surface area contributed by atoms with Crippen LogP contribution in [0.25, 0.3) is 0 Å². The molecule has 0 heterocycles. The maximum Gasteiger partial charge on any atom is 0.0347 e. The molecule has 0 aliphatic carbocycles. The molecule has 2 rings (SSSR count). The van der Waals surface area contributed by atoms with Crippen molar-refractivity contribution >= 4 is 15.9 Å². The summed E-state index contributed by atoms with van der Waals surface area (Å²) in [6.45, 7) is 2.09. The Morgan fingerprint density at radius 3 is 2.35 bits per heavy atom. The summed E-state index contributed by atoms with van der Waals surface area (Å²) in [4.78, 5) is 0. The molecular weight excluding hydrogens is 274 g/mol. The van der Waals surface area contributed by atoms with Crippen molar-refractivity contribution in [2.45, 2.75) is 19.4 Å². The van der Waals surface area contributed by atoms with Crippen molar-refractivity contribution in [1.29, 1.82) is 0 Å². The van der Waals surface area contributed by atoms with E-state index in [1.165, 1.54) is 11.1 Å². The number of benzene rings is 2. The molecule has 88 valence electrons. The SMILES string of the molecule is Cc1ccc(CC(N)c2ccccc2Br)cc1. The van der Waals surface area contributed by atoms with Crippen molar-refractivity contribution in [2.24, 2.45) is 5.73 Å².